The lowest BCUT2D eigenvalue weighted by molar-refractivity contribution is 0.380. The van der Waals surface area contributed by atoms with Crippen LogP contribution in [0, 0.1) is 11.3 Å². The number of sulfonamides is 1. The molecule has 1 saturated carbocycles. The Morgan fingerprint density at radius 2 is 1.94 bits per heavy atom. The second-order valence-corrected chi connectivity index (χ2v) is 6.94. The second kappa shape index (κ2) is 4.55. The van der Waals surface area contributed by atoms with Crippen molar-refractivity contribution in [2.45, 2.75) is 31.6 Å². The van der Waals surface area contributed by atoms with E-state index < -0.39 is 10.0 Å². The molecule has 4 nitrogen and oxygen atoms in total. The van der Waals surface area contributed by atoms with E-state index in [2.05, 4.69) is 19.2 Å². The van der Waals surface area contributed by atoms with Gasteiger partial charge in [0.2, 0.25) is 10.0 Å². The zero-order chi connectivity index (χ0) is 13.4. The summed E-state index contributed by atoms with van der Waals surface area (Å²) < 4.78 is 22.9. The summed E-state index contributed by atoms with van der Waals surface area (Å²) in [6, 6.07) is 6.79. The molecule has 100 valence electrons. The Morgan fingerprint density at radius 3 is 2.44 bits per heavy atom. The fourth-order valence-electron chi connectivity index (χ4n) is 2.25. The highest BCUT2D eigenvalue weighted by atomic mass is 32.2. The molecule has 0 aliphatic heterocycles. The summed E-state index contributed by atoms with van der Waals surface area (Å²) in [5.74, 6) is 0.603. The Morgan fingerprint density at radius 1 is 1.33 bits per heavy atom. The van der Waals surface area contributed by atoms with Crippen molar-refractivity contribution in [1.29, 1.82) is 0 Å². The van der Waals surface area contributed by atoms with Crippen molar-refractivity contribution < 1.29 is 8.42 Å². The molecule has 1 fully saturated rings. The molecule has 1 aliphatic rings. The van der Waals surface area contributed by atoms with Crippen molar-refractivity contribution in [2.75, 3.05) is 11.9 Å². The second-order valence-electron chi connectivity index (χ2n) is 5.41. The molecule has 0 spiro atoms. The van der Waals surface area contributed by atoms with Crippen LogP contribution in [-0.2, 0) is 10.0 Å². The number of nitrogens with two attached hydrogens (primary N) is 1. The maximum absolute atomic E-state index is 11.5. The smallest absolute Gasteiger partial charge is 0.240 e. The summed E-state index contributed by atoms with van der Waals surface area (Å²) in [5.41, 5.74) is 0.929. The minimum absolute atomic E-state index is 0.171. The SMILES string of the molecule is CC(C)C1(CNc2ccccc2S(N)(=O)=O)CC1. The van der Waals surface area contributed by atoms with E-state index >= 15 is 0 Å². The van der Waals surface area contributed by atoms with Gasteiger partial charge in [-0.25, -0.2) is 13.6 Å². The Hall–Kier alpha value is -1.07. The highest BCUT2D eigenvalue weighted by molar-refractivity contribution is 7.89. The molecule has 0 radical (unpaired) electrons. The summed E-state index contributed by atoms with van der Waals surface area (Å²) in [6.45, 7) is 5.22. The van der Waals surface area contributed by atoms with Crippen LogP contribution < -0.4 is 10.5 Å². The van der Waals surface area contributed by atoms with Crippen LogP contribution in [0.3, 0.4) is 0 Å². The first-order chi connectivity index (χ1) is 8.35. The van der Waals surface area contributed by atoms with Gasteiger partial charge >= 0.3 is 0 Å². The number of nitrogens with one attached hydrogen (secondary N) is 1. The van der Waals surface area contributed by atoms with Gasteiger partial charge in [0.05, 0.1) is 5.69 Å². The molecule has 1 aliphatic carbocycles. The van der Waals surface area contributed by atoms with Gasteiger partial charge in [0, 0.05) is 6.54 Å². The summed E-state index contributed by atoms with van der Waals surface area (Å²) >= 11 is 0. The lowest BCUT2D eigenvalue weighted by Crippen LogP contribution is -2.22. The highest BCUT2D eigenvalue weighted by Gasteiger charge is 2.45. The van der Waals surface area contributed by atoms with Gasteiger partial charge in [-0.15, -0.1) is 0 Å². The van der Waals surface area contributed by atoms with Gasteiger partial charge in [-0.05, 0) is 36.3 Å². The predicted octanol–water partition coefficient (Wildman–Crippen LogP) is 2.18. The maximum atomic E-state index is 11.5. The lowest BCUT2D eigenvalue weighted by Gasteiger charge is -2.21. The molecule has 0 aromatic heterocycles. The Bertz CT molecular complexity index is 534. The van der Waals surface area contributed by atoms with Gasteiger partial charge in [-0.3, -0.25) is 0 Å². The quantitative estimate of drug-likeness (QED) is 0.859. The fraction of sp³-hybridized carbons (Fsp3) is 0.538. The van der Waals surface area contributed by atoms with Crippen LogP contribution in [0.4, 0.5) is 5.69 Å². The zero-order valence-corrected chi connectivity index (χ0v) is 11.6. The van der Waals surface area contributed by atoms with Gasteiger partial charge in [0.15, 0.2) is 0 Å². The van der Waals surface area contributed by atoms with Crippen LogP contribution in [0.5, 0.6) is 0 Å². The number of hydrogen-bond acceptors (Lipinski definition) is 3. The minimum atomic E-state index is -3.66. The number of rotatable bonds is 5. The third-order valence-corrected chi connectivity index (χ3v) is 4.91. The van der Waals surface area contributed by atoms with E-state index in [0.29, 0.717) is 17.0 Å². The third-order valence-electron chi connectivity index (χ3n) is 3.94. The van der Waals surface area contributed by atoms with E-state index in [0.717, 1.165) is 6.54 Å². The van der Waals surface area contributed by atoms with Crippen LogP contribution in [0.2, 0.25) is 0 Å². The average molecular weight is 268 g/mol. The Kier molecular flexibility index (Phi) is 3.38. The van der Waals surface area contributed by atoms with Gasteiger partial charge < -0.3 is 5.32 Å². The van der Waals surface area contributed by atoms with Crippen molar-refractivity contribution >= 4 is 15.7 Å². The monoisotopic (exact) mass is 268 g/mol. The van der Waals surface area contributed by atoms with Gasteiger partial charge in [-0.2, -0.15) is 0 Å². The van der Waals surface area contributed by atoms with Gasteiger partial charge in [0.25, 0.3) is 0 Å². The zero-order valence-electron chi connectivity index (χ0n) is 10.8. The maximum Gasteiger partial charge on any atom is 0.240 e. The molecule has 0 unspecified atom stereocenters. The number of benzene rings is 1. The molecule has 2 rings (SSSR count). The molecular formula is C13H20N2O2S. The molecule has 3 N–H and O–H groups in total. The van der Waals surface area contributed by atoms with Crippen molar-refractivity contribution in [3.05, 3.63) is 24.3 Å². The van der Waals surface area contributed by atoms with Crippen molar-refractivity contribution in [1.82, 2.24) is 0 Å². The van der Waals surface area contributed by atoms with Crippen molar-refractivity contribution in [3.63, 3.8) is 0 Å². The molecule has 0 heterocycles. The molecule has 0 atom stereocenters. The lowest BCUT2D eigenvalue weighted by atomic mass is 9.92. The standard InChI is InChI=1S/C13H20N2O2S/c1-10(2)13(7-8-13)9-15-11-5-3-4-6-12(11)18(14,16)17/h3-6,10,15H,7-9H2,1-2H3,(H2,14,16,17). The van der Waals surface area contributed by atoms with Crippen LogP contribution in [0.15, 0.2) is 29.2 Å². The van der Waals surface area contributed by atoms with Crippen molar-refractivity contribution in [2.24, 2.45) is 16.5 Å². The topological polar surface area (TPSA) is 72.2 Å². The molecule has 5 heteroatoms. The average Bonchev–Trinajstić information content (AvgIpc) is 3.06. The van der Waals surface area contributed by atoms with Crippen LogP contribution in [-0.4, -0.2) is 15.0 Å². The largest absolute Gasteiger partial charge is 0.383 e. The molecule has 0 amide bonds. The van der Waals surface area contributed by atoms with E-state index in [-0.39, 0.29) is 4.90 Å². The van der Waals surface area contributed by atoms with E-state index in [9.17, 15) is 8.42 Å². The number of anilines is 1. The van der Waals surface area contributed by atoms with Crippen LogP contribution in [0.25, 0.3) is 0 Å². The van der Waals surface area contributed by atoms with Gasteiger partial charge in [-0.1, -0.05) is 26.0 Å². The first kappa shape index (κ1) is 13.4. The number of primary sulfonamides is 1. The van der Waals surface area contributed by atoms with E-state index in [4.69, 9.17) is 5.14 Å². The molecule has 0 saturated heterocycles. The first-order valence-electron chi connectivity index (χ1n) is 6.21. The Balaban J connectivity index is 2.16. The van der Waals surface area contributed by atoms with E-state index in [1.54, 1.807) is 12.1 Å². The summed E-state index contributed by atoms with van der Waals surface area (Å²) in [4.78, 5) is 0.171. The van der Waals surface area contributed by atoms with Gasteiger partial charge in [0.1, 0.15) is 4.90 Å². The third kappa shape index (κ3) is 2.67. The molecule has 18 heavy (non-hydrogen) atoms. The Labute approximate surface area is 109 Å². The molecule has 1 aromatic rings. The first-order valence-corrected chi connectivity index (χ1v) is 7.75. The molecule has 0 bridgehead atoms. The number of para-hydroxylation sites is 1. The van der Waals surface area contributed by atoms with Crippen LogP contribution >= 0.6 is 0 Å². The fourth-order valence-corrected chi connectivity index (χ4v) is 2.97. The van der Waals surface area contributed by atoms with E-state index in [1.165, 1.54) is 18.9 Å². The summed E-state index contributed by atoms with van der Waals surface area (Å²) in [7, 11) is -3.66. The number of hydrogen-bond donors (Lipinski definition) is 2. The summed E-state index contributed by atoms with van der Waals surface area (Å²) in [6.07, 6.45) is 2.41. The van der Waals surface area contributed by atoms with Crippen molar-refractivity contribution in [3.8, 4) is 0 Å². The van der Waals surface area contributed by atoms with Crippen LogP contribution in [0.1, 0.15) is 26.7 Å². The predicted molar refractivity (Wildman–Crippen MR) is 72.8 cm³/mol. The van der Waals surface area contributed by atoms with E-state index in [1.807, 2.05) is 6.07 Å². The minimum Gasteiger partial charge on any atom is -0.383 e. The molecule has 1 aromatic carbocycles. The molecular weight excluding hydrogens is 248 g/mol. The highest BCUT2D eigenvalue weighted by Crippen LogP contribution is 2.51. The normalized spacial score (nSPS) is 17.8. The summed E-state index contributed by atoms with van der Waals surface area (Å²) in [5, 5.41) is 8.45.